The maximum absolute atomic E-state index is 12.0. The van der Waals surface area contributed by atoms with Crippen molar-refractivity contribution >= 4 is 5.78 Å². The molecule has 0 aliphatic heterocycles. The summed E-state index contributed by atoms with van der Waals surface area (Å²) in [5, 5.41) is 18.7. The summed E-state index contributed by atoms with van der Waals surface area (Å²) in [5.74, 6) is -0.367. The van der Waals surface area contributed by atoms with Crippen molar-refractivity contribution in [3.63, 3.8) is 0 Å². The number of hydrogen-bond donors (Lipinski definition) is 2. The summed E-state index contributed by atoms with van der Waals surface area (Å²) in [5.41, 5.74) is 0.481. The molecular formula is C23H38O3. The van der Waals surface area contributed by atoms with Crippen LogP contribution in [0.25, 0.3) is 0 Å². The standard InChI is InChI=1S/C23H38O3/c1-2-3-4-5-6-7-8-9-10-11-12-13-14-15-16-21(24)20-17-18-22(25)23(26)19-20/h17-19,25-26H,2-16H2,1H3. The lowest BCUT2D eigenvalue weighted by Crippen LogP contribution is -1.98. The van der Waals surface area contributed by atoms with E-state index in [-0.39, 0.29) is 17.3 Å². The average Bonchev–Trinajstić information content (AvgIpc) is 2.64. The van der Waals surface area contributed by atoms with Gasteiger partial charge in [0, 0.05) is 12.0 Å². The van der Waals surface area contributed by atoms with Crippen LogP contribution in [0.15, 0.2) is 18.2 Å². The molecule has 0 atom stereocenters. The van der Waals surface area contributed by atoms with E-state index in [1.54, 1.807) is 6.07 Å². The van der Waals surface area contributed by atoms with Gasteiger partial charge in [-0.1, -0.05) is 90.4 Å². The molecule has 0 aliphatic rings. The van der Waals surface area contributed by atoms with Gasteiger partial charge < -0.3 is 10.2 Å². The van der Waals surface area contributed by atoms with Crippen LogP contribution in [0, 0.1) is 0 Å². The van der Waals surface area contributed by atoms with Crippen molar-refractivity contribution in [2.24, 2.45) is 0 Å². The molecule has 0 bridgehead atoms. The van der Waals surface area contributed by atoms with Crippen molar-refractivity contribution in [2.45, 2.75) is 103 Å². The third kappa shape index (κ3) is 10.5. The Hall–Kier alpha value is -1.51. The Morgan fingerprint density at radius 2 is 1.15 bits per heavy atom. The summed E-state index contributed by atoms with van der Waals surface area (Å²) < 4.78 is 0. The van der Waals surface area contributed by atoms with Crippen LogP contribution in [0.2, 0.25) is 0 Å². The Morgan fingerprint density at radius 1 is 0.692 bits per heavy atom. The third-order valence-corrected chi connectivity index (χ3v) is 5.05. The number of aromatic hydroxyl groups is 2. The Balaban J connectivity index is 1.90. The molecule has 0 radical (unpaired) electrons. The van der Waals surface area contributed by atoms with Crippen LogP contribution in [0.3, 0.4) is 0 Å². The first-order valence-electron chi connectivity index (χ1n) is 10.7. The largest absolute Gasteiger partial charge is 0.504 e. The zero-order valence-electron chi connectivity index (χ0n) is 16.6. The molecule has 26 heavy (non-hydrogen) atoms. The molecular weight excluding hydrogens is 324 g/mol. The van der Waals surface area contributed by atoms with Gasteiger partial charge in [0.15, 0.2) is 17.3 Å². The molecule has 0 aliphatic carbocycles. The molecule has 2 N–H and O–H groups in total. The molecule has 0 unspecified atom stereocenters. The molecule has 3 heteroatoms. The first-order valence-corrected chi connectivity index (χ1v) is 10.7. The molecule has 1 aromatic carbocycles. The highest BCUT2D eigenvalue weighted by atomic mass is 16.3. The number of benzene rings is 1. The molecule has 0 heterocycles. The van der Waals surface area contributed by atoms with E-state index in [9.17, 15) is 15.0 Å². The van der Waals surface area contributed by atoms with Gasteiger partial charge >= 0.3 is 0 Å². The molecule has 0 saturated heterocycles. The Kier molecular flexibility index (Phi) is 12.7. The van der Waals surface area contributed by atoms with Crippen molar-refractivity contribution in [2.75, 3.05) is 0 Å². The second-order valence-corrected chi connectivity index (χ2v) is 7.47. The fraction of sp³-hybridized carbons (Fsp3) is 0.696. The normalized spacial score (nSPS) is 11.0. The fourth-order valence-electron chi connectivity index (χ4n) is 3.32. The summed E-state index contributed by atoms with van der Waals surface area (Å²) >= 11 is 0. The second kappa shape index (κ2) is 14.6. The van der Waals surface area contributed by atoms with Gasteiger partial charge in [0.05, 0.1) is 0 Å². The smallest absolute Gasteiger partial charge is 0.163 e. The number of Topliss-reactive ketones (excluding diaryl/α,β-unsaturated/α-hetero) is 1. The molecule has 148 valence electrons. The molecule has 3 nitrogen and oxygen atoms in total. The van der Waals surface area contributed by atoms with E-state index in [2.05, 4.69) is 6.92 Å². The Labute approximate surface area is 159 Å². The summed E-state index contributed by atoms with van der Waals surface area (Å²) in [4.78, 5) is 12.0. The van der Waals surface area contributed by atoms with Gasteiger partial charge in [-0.15, -0.1) is 0 Å². The molecule has 0 saturated carbocycles. The highest BCUT2D eigenvalue weighted by Crippen LogP contribution is 2.25. The van der Waals surface area contributed by atoms with Crippen LogP contribution in [0.5, 0.6) is 11.5 Å². The Bertz CT molecular complexity index is 496. The van der Waals surface area contributed by atoms with Crippen molar-refractivity contribution in [3.8, 4) is 11.5 Å². The van der Waals surface area contributed by atoms with E-state index < -0.39 is 0 Å². The van der Waals surface area contributed by atoms with E-state index in [0.29, 0.717) is 12.0 Å². The van der Waals surface area contributed by atoms with Gasteiger partial charge in [-0.2, -0.15) is 0 Å². The predicted molar refractivity (Wildman–Crippen MR) is 109 cm³/mol. The molecule has 1 rings (SSSR count). The average molecular weight is 363 g/mol. The molecule has 1 aromatic rings. The number of rotatable bonds is 16. The summed E-state index contributed by atoms with van der Waals surface area (Å²) in [6, 6.07) is 4.29. The Morgan fingerprint density at radius 3 is 1.62 bits per heavy atom. The number of ketones is 1. The lowest BCUT2D eigenvalue weighted by atomic mass is 10.0. The predicted octanol–water partition coefficient (Wildman–Crippen LogP) is 7.15. The summed E-state index contributed by atoms with van der Waals surface area (Å²) in [6.45, 7) is 2.26. The van der Waals surface area contributed by atoms with E-state index in [1.807, 2.05) is 0 Å². The molecule has 0 aromatic heterocycles. The van der Waals surface area contributed by atoms with Crippen LogP contribution in [-0.2, 0) is 0 Å². The lowest BCUT2D eigenvalue weighted by Gasteiger charge is -2.04. The topological polar surface area (TPSA) is 57.5 Å². The zero-order chi connectivity index (χ0) is 19.0. The van der Waals surface area contributed by atoms with Gasteiger partial charge in [0.2, 0.25) is 0 Å². The summed E-state index contributed by atoms with van der Waals surface area (Å²) in [6.07, 6.45) is 18.8. The number of unbranched alkanes of at least 4 members (excludes halogenated alkanes) is 13. The number of phenolic OH excluding ortho intramolecular Hbond substituents is 2. The van der Waals surface area contributed by atoms with Crippen molar-refractivity contribution in [1.82, 2.24) is 0 Å². The third-order valence-electron chi connectivity index (χ3n) is 5.05. The van der Waals surface area contributed by atoms with Gasteiger partial charge in [-0.3, -0.25) is 4.79 Å². The van der Waals surface area contributed by atoms with Gasteiger partial charge in [0.25, 0.3) is 0 Å². The van der Waals surface area contributed by atoms with Gasteiger partial charge in [0.1, 0.15) is 0 Å². The van der Waals surface area contributed by atoms with Crippen LogP contribution >= 0.6 is 0 Å². The van der Waals surface area contributed by atoms with Crippen molar-refractivity contribution in [3.05, 3.63) is 23.8 Å². The monoisotopic (exact) mass is 362 g/mol. The lowest BCUT2D eigenvalue weighted by molar-refractivity contribution is 0.0978. The maximum atomic E-state index is 12.0. The number of carbonyl (C=O) groups is 1. The van der Waals surface area contributed by atoms with Crippen molar-refractivity contribution in [1.29, 1.82) is 0 Å². The van der Waals surface area contributed by atoms with Crippen LogP contribution in [0.1, 0.15) is 114 Å². The minimum Gasteiger partial charge on any atom is -0.504 e. The van der Waals surface area contributed by atoms with E-state index in [1.165, 1.54) is 89.2 Å². The highest BCUT2D eigenvalue weighted by Gasteiger charge is 2.08. The van der Waals surface area contributed by atoms with Gasteiger partial charge in [-0.05, 0) is 24.6 Å². The minimum atomic E-state index is -0.225. The quantitative estimate of drug-likeness (QED) is 0.186. The van der Waals surface area contributed by atoms with Crippen LogP contribution in [-0.4, -0.2) is 16.0 Å². The first-order chi connectivity index (χ1) is 12.6. The second-order valence-electron chi connectivity index (χ2n) is 7.47. The number of phenols is 2. The zero-order valence-corrected chi connectivity index (χ0v) is 16.6. The molecule has 0 fully saturated rings. The number of carbonyl (C=O) groups excluding carboxylic acids is 1. The van der Waals surface area contributed by atoms with Gasteiger partial charge in [-0.25, -0.2) is 0 Å². The molecule has 0 amide bonds. The van der Waals surface area contributed by atoms with E-state index >= 15 is 0 Å². The highest BCUT2D eigenvalue weighted by molar-refractivity contribution is 5.96. The number of hydrogen-bond acceptors (Lipinski definition) is 3. The fourth-order valence-corrected chi connectivity index (χ4v) is 3.32. The molecule has 0 spiro atoms. The first kappa shape index (κ1) is 22.5. The summed E-state index contributed by atoms with van der Waals surface area (Å²) in [7, 11) is 0. The minimum absolute atomic E-state index is 0.0410. The SMILES string of the molecule is CCCCCCCCCCCCCCCCC(=O)c1ccc(O)c(O)c1. The van der Waals surface area contributed by atoms with Crippen molar-refractivity contribution < 1.29 is 15.0 Å². The van der Waals surface area contributed by atoms with E-state index in [0.717, 1.165) is 12.8 Å². The van der Waals surface area contributed by atoms with E-state index in [4.69, 9.17) is 0 Å². The van der Waals surface area contributed by atoms with Crippen LogP contribution < -0.4 is 0 Å². The van der Waals surface area contributed by atoms with Crippen LogP contribution in [0.4, 0.5) is 0 Å². The maximum Gasteiger partial charge on any atom is 0.163 e.